The fraction of sp³-hybridized carbons (Fsp3) is 0.0769. The molecule has 0 amide bonds. The van der Waals surface area contributed by atoms with E-state index < -0.39 is 5.97 Å². The molecule has 2 aromatic rings. The number of carboxylic acids is 1. The zero-order valence-electron chi connectivity index (χ0n) is 9.53. The van der Waals surface area contributed by atoms with Crippen LogP contribution in [0.5, 0.6) is 0 Å². The second kappa shape index (κ2) is 5.78. The van der Waals surface area contributed by atoms with Gasteiger partial charge in [0.2, 0.25) is 0 Å². The minimum atomic E-state index is -0.939. The molecule has 19 heavy (non-hydrogen) atoms. The van der Waals surface area contributed by atoms with Crippen LogP contribution in [-0.4, -0.2) is 16.1 Å². The van der Waals surface area contributed by atoms with E-state index in [9.17, 15) is 4.79 Å². The van der Waals surface area contributed by atoms with E-state index in [-0.39, 0.29) is 11.6 Å². The van der Waals surface area contributed by atoms with Gasteiger partial charge in [-0.1, -0.05) is 34.8 Å². The van der Waals surface area contributed by atoms with Crippen molar-refractivity contribution in [2.45, 2.75) is 6.42 Å². The maximum absolute atomic E-state index is 10.7. The molecule has 0 unspecified atom stereocenters. The van der Waals surface area contributed by atoms with Gasteiger partial charge in [0.1, 0.15) is 5.15 Å². The van der Waals surface area contributed by atoms with E-state index in [4.69, 9.17) is 39.9 Å². The zero-order valence-corrected chi connectivity index (χ0v) is 11.8. The quantitative estimate of drug-likeness (QED) is 0.857. The van der Waals surface area contributed by atoms with E-state index in [0.717, 1.165) is 0 Å². The van der Waals surface area contributed by atoms with Gasteiger partial charge in [0.25, 0.3) is 0 Å². The molecule has 0 atom stereocenters. The summed E-state index contributed by atoms with van der Waals surface area (Å²) in [5.41, 5.74) is 1.66. The molecule has 1 heterocycles. The molecule has 3 nitrogen and oxygen atoms in total. The number of nitrogens with zero attached hydrogens (tertiary/aromatic N) is 1. The van der Waals surface area contributed by atoms with Crippen molar-refractivity contribution in [3.8, 4) is 11.3 Å². The summed E-state index contributed by atoms with van der Waals surface area (Å²) in [7, 11) is 0. The lowest BCUT2D eigenvalue weighted by molar-refractivity contribution is -0.136. The molecule has 1 aromatic carbocycles. The second-order valence-electron chi connectivity index (χ2n) is 3.88. The number of hydrogen-bond donors (Lipinski definition) is 1. The molecule has 1 N–H and O–H groups in total. The lowest BCUT2D eigenvalue weighted by Gasteiger charge is -2.07. The maximum Gasteiger partial charge on any atom is 0.307 e. The van der Waals surface area contributed by atoms with Crippen molar-refractivity contribution in [1.29, 1.82) is 0 Å². The summed E-state index contributed by atoms with van der Waals surface area (Å²) >= 11 is 17.9. The van der Waals surface area contributed by atoms with Gasteiger partial charge < -0.3 is 5.11 Å². The van der Waals surface area contributed by atoms with E-state index in [1.807, 2.05) is 0 Å². The van der Waals surface area contributed by atoms with Gasteiger partial charge in [0, 0.05) is 10.6 Å². The van der Waals surface area contributed by atoms with Crippen LogP contribution in [0.4, 0.5) is 0 Å². The zero-order chi connectivity index (χ0) is 14.0. The predicted octanol–water partition coefficient (Wildman–Crippen LogP) is 4.34. The molecule has 0 spiro atoms. The van der Waals surface area contributed by atoms with Gasteiger partial charge in [-0.15, -0.1) is 0 Å². The fourth-order valence-electron chi connectivity index (χ4n) is 1.66. The lowest BCUT2D eigenvalue weighted by atomic mass is 10.1. The highest BCUT2D eigenvalue weighted by atomic mass is 35.5. The highest BCUT2D eigenvalue weighted by molar-refractivity contribution is 6.35. The molecular formula is C13H8Cl3NO2. The average Bonchev–Trinajstić information content (AvgIpc) is 2.30. The SMILES string of the molecule is O=C(O)Cc1cc(Cl)nc(-c2cc(Cl)ccc2Cl)c1. The number of aromatic nitrogens is 1. The molecule has 0 aliphatic heterocycles. The van der Waals surface area contributed by atoms with E-state index in [1.54, 1.807) is 24.3 Å². The Kier molecular flexibility index (Phi) is 4.30. The third-order valence-corrected chi connectivity index (χ3v) is 3.17. The van der Waals surface area contributed by atoms with Crippen LogP contribution >= 0.6 is 34.8 Å². The van der Waals surface area contributed by atoms with Crippen molar-refractivity contribution in [2.24, 2.45) is 0 Å². The summed E-state index contributed by atoms with van der Waals surface area (Å²) in [4.78, 5) is 14.9. The minimum absolute atomic E-state index is 0.132. The van der Waals surface area contributed by atoms with Crippen LogP contribution in [0.1, 0.15) is 5.56 Å². The smallest absolute Gasteiger partial charge is 0.307 e. The van der Waals surface area contributed by atoms with Crippen LogP contribution in [0.2, 0.25) is 15.2 Å². The van der Waals surface area contributed by atoms with E-state index >= 15 is 0 Å². The Morgan fingerprint density at radius 1 is 1.16 bits per heavy atom. The first-order chi connectivity index (χ1) is 8.95. The Hall–Kier alpha value is -1.29. The van der Waals surface area contributed by atoms with Gasteiger partial charge in [-0.05, 0) is 35.9 Å². The summed E-state index contributed by atoms with van der Waals surface area (Å²) < 4.78 is 0. The Morgan fingerprint density at radius 3 is 2.58 bits per heavy atom. The molecule has 6 heteroatoms. The molecule has 0 radical (unpaired) electrons. The van der Waals surface area contributed by atoms with Gasteiger partial charge in [-0.2, -0.15) is 0 Å². The van der Waals surface area contributed by atoms with E-state index in [2.05, 4.69) is 4.98 Å². The van der Waals surface area contributed by atoms with Crippen molar-refractivity contribution in [1.82, 2.24) is 4.98 Å². The van der Waals surface area contributed by atoms with Crippen molar-refractivity contribution < 1.29 is 9.90 Å². The summed E-state index contributed by atoms with van der Waals surface area (Å²) in [6, 6.07) is 8.12. The second-order valence-corrected chi connectivity index (χ2v) is 5.11. The third kappa shape index (κ3) is 3.60. The van der Waals surface area contributed by atoms with Crippen LogP contribution < -0.4 is 0 Å². The topological polar surface area (TPSA) is 50.2 Å². The maximum atomic E-state index is 10.7. The average molecular weight is 317 g/mol. The normalized spacial score (nSPS) is 10.5. The molecule has 0 saturated carbocycles. The number of halogens is 3. The van der Waals surface area contributed by atoms with Crippen molar-refractivity contribution in [3.05, 3.63) is 51.1 Å². The Bertz CT molecular complexity index is 644. The monoisotopic (exact) mass is 315 g/mol. The largest absolute Gasteiger partial charge is 0.481 e. The summed E-state index contributed by atoms with van der Waals surface area (Å²) in [6.45, 7) is 0. The first-order valence-corrected chi connectivity index (χ1v) is 6.43. The first kappa shape index (κ1) is 14.1. The third-order valence-electron chi connectivity index (χ3n) is 2.41. The van der Waals surface area contributed by atoms with E-state index in [0.29, 0.717) is 26.9 Å². The number of carboxylic acid groups (broad SMARTS) is 1. The molecule has 98 valence electrons. The standard InChI is InChI=1S/C13H8Cl3NO2/c14-8-1-2-10(15)9(6-8)11-3-7(5-13(18)19)4-12(16)17-11/h1-4,6H,5H2,(H,18,19). The molecule has 2 rings (SSSR count). The van der Waals surface area contributed by atoms with Crippen LogP contribution in [-0.2, 0) is 11.2 Å². The van der Waals surface area contributed by atoms with Crippen molar-refractivity contribution in [2.75, 3.05) is 0 Å². The molecule has 0 fully saturated rings. The van der Waals surface area contributed by atoms with Crippen LogP contribution in [0, 0.1) is 0 Å². The van der Waals surface area contributed by atoms with E-state index in [1.165, 1.54) is 6.07 Å². The Labute approximate surface area is 124 Å². The van der Waals surface area contributed by atoms with Crippen LogP contribution in [0.25, 0.3) is 11.3 Å². The highest BCUT2D eigenvalue weighted by Gasteiger charge is 2.10. The summed E-state index contributed by atoms with van der Waals surface area (Å²) in [5, 5.41) is 10.0. The first-order valence-electron chi connectivity index (χ1n) is 5.29. The number of benzene rings is 1. The molecule has 1 aromatic heterocycles. The lowest BCUT2D eigenvalue weighted by Crippen LogP contribution is -2.01. The van der Waals surface area contributed by atoms with Gasteiger partial charge in [-0.25, -0.2) is 4.98 Å². The highest BCUT2D eigenvalue weighted by Crippen LogP contribution is 2.30. The van der Waals surface area contributed by atoms with Gasteiger partial charge >= 0.3 is 5.97 Å². The Balaban J connectivity index is 2.52. The Morgan fingerprint density at radius 2 is 1.89 bits per heavy atom. The van der Waals surface area contributed by atoms with Crippen LogP contribution in [0.3, 0.4) is 0 Å². The van der Waals surface area contributed by atoms with Crippen molar-refractivity contribution >= 4 is 40.8 Å². The van der Waals surface area contributed by atoms with Gasteiger partial charge in [-0.3, -0.25) is 4.79 Å². The van der Waals surface area contributed by atoms with Gasteiger partial charge in [0.05, 0.1) is 17.1 Å². The summed E-state index contributed by atoms with van der Waals surface area (Å²) in [6.07, 6.45) is -0.132. The number of rotatable bonds is 3. The molecular weight excluding hydrogens is 309 g/mol. The molecule has 0 aliphatic carbocycles. The summed E-state index contributed by atoms with van der Waals surface area (Å²) in [5.74, 6) is -0.939. The predicted molar refractivity (Wildman–Crippen MR) is 76.0 cm³/mol. The van der Waals surface area contributed by atoms with Crippen LogP contribution in [0.15, 0.2) is 30.3 Å². The number of pyridine rings is 1. The molecule has 0 aliphatic rings. The van der Waals surface area contributed by atoms with Gasteiger partial charge in [0.15, 0.2) is 0 Å². The molecule has 0 bridgehead atoms. The number of carbonyl (C=O) groups is 1. The molecule has 0 saturated heterocycles. The number of aliphatic carboxylic acids is 1. The number of hydrogen-bond acceptors (Lipinski definition) is 2. The minimum Gasteiger partial charge on any atom is -0.481 e. The fourth-order valence-corrected chi connectivity index (χ4v) is 2.28. The van der Waals surface area contributed by atoms with Crippen molar-refractivity contribution in [3.63, 3.8) is 0 Å².